The molecule has 0 fully saturated rings. The van der Waals surface area contributed by atoms with Crippen molar-refractivity contribution in [2.45, 2.75) is 27.2 Å². The molecule has 21 heavy (non-hydrogen) atoms. The second-order valence-electron chi connectivity index (χ2n) is 5.65. The molecule has 0 bridgehead atoms. The molecule has 0 heterocycles. The first-order valence-electron chi connectivity index (χ1n) is 6.62. The normalized spacial score (nSPS) is 10.8. The molecule has 1 aromatic carbocycles. The van der Waals surface area contributed by atoms with E-state index in [1.165, 1.54) is 0 Å². The maximum absolute atomic E-state index is 12.0. The van der Waals surface area contributed by atoms with Crippen LogP contribution in [-0.2, 0) is 9.59 Å². The summed E-state index contributed by atoms with van der Waals surface area (Å²) >= 11 is 0. The highest BCUT2D eigenvalue weighted by Gasteiger charge is 2.22. The van der Waals surface area contributed by atoms with Crippen molar-refractivity contribution in [1.29, 1.82) is 0 Å². The summed E-state index contributed by atoms with van der Waals surface area (Å²) in [6.07, 6.45) is -0.151. The zero-order valence-corrected chi connectivity index (χ0v) is 12.4. The van der Waals surface area contributed by atoms with Crippen molar-refractivity contribution in [2.75, 3.05) is 11.9 Å². The number of carboxylic acids is 1. The molecule has 0 aliphatic carbocycles. The number of nitrogens with one attached hydrogen (secondary N) is 2. The first-order valence-corrected chi connectivity index (χ1v) is 6.62. The predicted molar refractivity (Wildman–Crippen MR) is 79.1 cm³/mol. The van der Waals surface area contributed by atoms with Gasteiger partial charge in [0.25, 0.3) is 5.91 Å². The highest BCUT2D eigenvalue weighted by Crippen LogP contribution is 2.20. The lowest BCUT2D eigenvalue weighted by molar-refractivity contribution is -0.136. The lowest BCUT2D eigenvalue weighted by atomic mass is 9.95. The number of carboxylic acid groups (broad SMARTS) is 1. The van der Waals surface area contributed by atoms with Gasteiger partial charge in [-0.05, 0) is 12.1 Å². The Labute approximate surface area is 123 Å². The third-order valence-corrected chi connectivity index (χ3v) is 2.73. The van der Waals surface area contributed by atoms with Crippen molar-refractivity contribution in [3.8, 4) is 0 Å². The lowest BCUT2D eigenvalue weighted by Gasteiger charge is -2.19. The van der Waals surface area contributed by atoms with Gasteiger partial charge in [-0.2, -0.15) is 0 Å². The van der Waals surface area contributed by atoms with Crippen LogP contribution in [0.4, 0.5) is 5.69 Å². The average molecular weight is 292 g/mol. The molecule has 0 aliphatic heterocycles. The van der Waals surface area contributed by atoms with Crippen LogP contribution in [0.2, 0.25) is 0 Å². The molecule has 0 aromatic heterocycles. The van der Waals surface area contributed by atoms with Gasteiger partial charge in [-0.15, -0.1) is 0 Å². The molecule has 2 amide bonds. The maximum Gasteiger partial charge on any atom is 0.305 e. The van der Waals surface area contributed by atoms with Crippen molar-refractivity contribution >= 4 is 23.5 Å². The zero-order chi connectivity index (χ0) is 16.0. The van der Waals surface area contributed by atoms with E-state index in [-0.39, 0.29) is 18.9 Å². The SMILES string of the molecule is CC(C)(C)C(=O)Nc1ccccc1C(=O)NCCC(=O)O. The Kier molecular flexibility index (Phi) is 5.46. The summed E-state index contributed by atoms with van der Waals surface area (Å²) in [7, 11) is 0. The molecule has 0 radical (unpaired) electrons. The van der Waals surface area contributed by atoms with E-state index >= 15 is 0 Å². The van der Waals surface area contributed by atoms with Gasteiger partial charge < -0.3 is 15.7 Å². The van der Waals surface area contributed by atoms with Gasteiger partial charge in [0.2, 0.25) is 5.91 Å². The van der Waals surface area contributed by atoms with Gasteiger partial charge in [0.05, 0.1) is 17.7 Å². The largest absolute Gasteiger partial charge is 0.481 e. The Balaban J connectivity index is 2.81. The van der Waals surface area contributed by atoms with E-state index < -0.39 is 17.3 Å². The zero-order valence-electron chi connectivity index (χ0n) is 12.4. The Morgan fingerprint density at radius 1 is 1.14 bits per heavy atom. The number of hydrogen-bond donors (Lipinski definition) is 3. The lowest BCUT2D eigenvalue weighted by Crippen LogP contribution is -2.30. The van der Waals surface area contributed by atoms with Crippen molar-refractivity contribution in [2.24, 2.45) is 5.41 Å². The number of anilines is 1. The standard InChI is InChI=1S/C15H20N2O4/c1-15(2,3)14(21)17-11-7-5-4-6-10(11)13(20)16-9-8-12(18)19/h4-7H,8-9H2,1-3H3,(H,16,20)(H,17,21)(H,18,19). The molecule has 0 saturated heterocycles. The summed E-state index contributed by atoms with van der Waals surface area (Å²) in [6.45, 7) is 5.36. The smallest absolute Gasteiger partial charge is 0.305 e. The van der Waals surface area contributed by atoms with Gasteiger partial charge in [0.15, 0.2) is 0 Å². The molecule has 1 aromatic rings. The van der Waals surface area contributed by atoms with Gasteiger partial charge in [-0.3, -0.25) is 14.4 Å². The van der Waals surface area contributed by atoms with E-state index in [0.717, 1.165) is 0 Å². The summed E-state index contributed by atoms with van der Waals surface area (Å²) in [5, 5.41) is 13.8. The second-order valence-corrected chi connectivity index (χ2v) is 5.65. The van der Waals surface area contributed by atoms with E-state index in [2.05, 4.69) is 10.6 Å². The topological polar surface area (TPSA) is 95.5 Å². The summed E-state index contributed by atoms with van der Waals surface area (Å²) < 4.78 is 0. The van der Waals surface area contributed by atoms with Crippen LogP contribution < -0.4 is 10.6 Å². The number of para-hydroxylation sites is 1. The van der Waals surface area contributed by atoms with Gasteiger partial charge in [0, 0.05) is 12.0 Å². The monoisotopic (exact) mass is 292 g/mol. The minimum Gasteiger partial charge on any atom is -0.481 e. The van der Waals surface area contributed by atoms with Crippen molar-refractivity contribution in [3.05, 3.63) is 29.8 Å². The quantitative estimate of drug-likeness (QED) is 0.772. The molecule has 114 valence electrons. The minimum absolute atomic E-state index is 0.0374. The fraction of sp³-hybridized carbons (Fsp3) is 0.400. The molecule has 3 N–H and O–H groups in total. The molecule has 0 atom stereocenters. The summed E-state index contributed by atoms with van der Waals surface area (Å²) in [5.41, 5.74) is 0.137. The second kappa shape index (κ2) is 6.88. The van der Waals surface area contributed by atoms with Crippen LogP contribution in [0.3, 0.4) is 0 Å². The van der Waals surface area contributed by atoms with Crippen LogP contribution in [-0.4, -0.2) is 29.4 Å². The van der Waals surface area contributed by atoms with Crippen molar-refractivity contribution in [1.82, 2.24) is 5.32 Å². The first kappa shape index (κ1) is 16.7. The van der Waals surface area contributed by atoms with E-state index in [4.69, 9.17) is 5.11 Å². The highest BCUT2D eigenvalue weighted by atomic mass is 16.4. The van der Waals surface area contributed by atoms with Gasteiger partial charge in [0.1, 0.15) is 0 Å². The molecular weight excluding hydrogens is 272 g/mol. The Bertz CT molecular complexity index is 547. The summed E-state index contributed by atoms with van der Waals surface area (Å²) in [6, 6.07) is 6.61. The third kappa shape index (κ3) is 5.25. The third-order valence-electron chi connectivity index (χ3n) is 2.73. The van der Waals surface area contributed by atoms with E-state index in [0.29, 0.717) is 11.3 Å². The minimum atomic E-state index is -0.982. The van der Waals surface area contributed by atoms with E-state index in [9.17, 15) is 14.4 Å². The van der Waals surface area contributed by atoms with Crippen LogP contribution in [0.25, 0.3) is 0 Å². The van der Waals surface area contributed by atoms with E-state index in [1.807, 2.05) is 0 Å². The number of aliphatic carboxylic acids is 1. The number of carbonyl (C=O) groups excluding carboxylic acids is 2. The first-order chi connectivity index (χ1) is 9.71. The van der Waals surface area contributed by atoms with Crippen molar-refractivity contribution < 1.29 is 19.5 Å². The Morgan fingerprint density at radius 2 is 1.76 bits per heavy atom. The Hall–Kier alpha value is -2.37. The number of benzene rings is 1. The van der Waals surface area contributed by atoms with Crippen LogP contribution >= 0.6 is 0 Å². The van der Waals surface area contributed by atoms with E-state index in [1.54, 1.807) is 45.0 Å². The summed E-state index contributed by atoms with van der Waals surface area (Å²) in [5.74, 6) is -1.60. The summed E-state index contributed by atoms with van der Waals surface area (Å²) in [4.78, 5) is 34.4. The van der Waals surface area contributed by atoms with Gasteiger partial charge in [-0.1, -0.05) is 32.9 Å². The predicted octanol–water partition coefficient (Wildman–Crippen LogP) is 1.88. The maximum atomic E-state index is 12.0. The van der Waals surface area contributed by atoms with Gasteiger partial charge >= 0.3 is 5.97 Å². The molecule has 6 heteroatoms. The number of amides is 2. The molecule has 0 spiro atoms. The highest BCUT2D eigenvalue weighted by molar-refractivity contribution is 6.04. The fourth-order valence-corrected chi connectivity index (χ4v) is 1.48. The van der Waals surface area contributed by atoms with Crippen LogP contribution in [0.15, 0.2) is 24.3 Å². The van der Waals surface area contributed by atoms with Crippen LogP contribution in [0.1, 0.15) is 37.6 Å². The average Bonchev–Trinajstić information content (AvgIpc) is 2.37. The molecule has 1 rings (SSSR count). The van der Waals surface area contributed by atoms with Crippen LogP contribution in [0, 0.1) is 5.41 Å². The van der Waals surface area contributed by atoms with Gasteiger partial charge in [-0.25, -0.2) is 0 Å². The molecule has 0 unspecified atom stereocenters. The molecule has 0 saturated carbocycles. The molecule has 6 nitrogen and oxygen atoms in total. The number of carbonyl (C=O) groups is 3. The van der Waals surface area contributed by atoms with Crippen LogP contribution in [0.5, 0.6) is 0 Å². The molecule has 0 aliphatic rings. The number of rotatable bonds is 5. The Morgan fingerprint density at radius 3 is 2.33 bits per heavy atom. The number of hydrogen-bond acceptors (Lipinski definition) is 3. The fourth-order valence-electron chi connectivity index (χ4n) is 1.48. The molecular formula is C15H20N2O4. The van der Waals surface area contributed by atoms with Crippen molar-refractivity contribution in [3.63, 3.8) is 0 Å².